The Morgan fingerprint density at radius 3 is 2.53 bits per heavy atom. The van der Waals surface area contributed by atoms with Crippen LogP contribution >= 0.6 is 11.8 Å². The Bertz CT molecular complexity index is 1230. The summed E-state index contributed by atoms with van der Waals surface area (Å²) in [6.45, 7) is 3.88. The highest BCUT2D eigenvalue weighted by atomic mass is 32.2. The number of aromatic nitrogens is 3. The first kappa shape index (κ1) is 21.8. The minimum atomic E-state index is -0.559. The maximum absolute atomic E-state index is 14.0. The Kier molecular flexibility index (Phi) is 6.66. The molecule has 0 saturated heterocycles. The number of thioether (sulfide) groups is 1. The molecular formula is C25H23FN4OS. The molecule has 0 saturated carbocycles. The third-order valence-electron chi connectivity index (χ3n) is 4.98. The van der Waals surface area contributed by atoms with Gasteiger partial charge in [0.1, 0.15) is 5.82 Å². The van der Waals surface area contributed by atoms with Crippen molar-refractivity contribution in [1.29, 1.82) is 0 Å². The molecule has 7 heteroatoms. The van der Waals surface area contributed by atoms with Crippen LogP contribution in [0, 0.1) is 12.7 Å². The average Bonchev–Trinajstić information content (AvgIpc) is 3.23. The Labute approximate surface area is 190 Å². The Morgan fingerprint density at radius 1 is 1.03 bits per heavy atom. The van der Waals surface area contributed by atoms with E-state index < -0.39 is 17.8 Å². The third-order valence-corrected chi connectivity index (χ3v) is 5.98. The van der Waals surface area contributed by atoms with Gasteiger partial charge in [-0.1, -0.05) is 71.9 Å². The van der Waals surface area contributed by atoms with Gasteiger partial charge in [-0.25, -0.2) is 4.39 Å². The second kappa shape index (κ2) is 9.78. The summed E-state index contributed by atoms with van der Waals surface area (Å²) in [7, 11) is 0. The molecule has 162 valence electrons. The van der Waals surface area contributed by atoms with Gasteiger partial charge in [0, 0.05) is 11.4 Å². The van der Waals surface area contributed by atoms with Crippen molar-refractivity contribution in [3.05, 3.63) is 107 Å². The molecule has 0 unspecified atom stereocenters. The number of nitrogens with zero attached hydrogens (tertiary/aromatic N) is 3. The third kappa shape index (κ3) is 4.89. The number of halogens is 1. The number of para-hydroxylation sites is 1. The van der Waals surface area contributed by atoms with E-state index in [0.29, 0.717) is 5.82 Å². The number of carbonyl (C=O) groups is 1. The Morgan fingerprint density at radius 2 is 1.78 bits per heavy atom. The van der Waals surface area contributed by atoms with Crippen LogP contribution in [0.2, 0.25) is 0 Å². The molecule has 4 aromatic rings. The maximum atomic E-state index is 14.0. The van der Waals surface area contributed by atoms with Crippen LogP contribution in [-0.4, -0.2) is 20.7 Å². The topological polar surface area (TPSA) is 59.8 Å². The molecule has 1 atom stereocenters. The van der Waals surface area contributed by atoms with Gasteiger partial charge in [-0.2, -0.15) is 0 Å². The zero-order chi connectivity index (χ0) is 22.5. The monoisotopic (exact) mass is 446 g/mol. The number of rotatable bonds is 7. The standard InChI is InChI=1S/C25H23FN4OS/c1-17-9-8-10-19(15-17)16-32-25-29-28-23(30(25)20-11-4-3-5-12-20)18(2)27-24(31)21-13-6-7-14-22(21)26/h3-15,18H,16H2,1-2H3,(H,27,31)/t18-/m0/s1. The molecule has 0 aliphatic rings. The molecule has 0 fully saturated rings. The van der Waals surface area contributed by atoms with Crippen LogP contribution in [0.15, 0.2) is 84.0 Å². The van der Waals surface area contributed by atoms with E-state index in [9.17, 15) is 9.18 Å². The van der Waals surface area contributed by atoms with E-state index in [1.807, 2.05) is 47.9 Å². The SMILES string of the molecule is Cc1cccc(CSc2nnc([C@H](C)NC(=O)c3ccccc3F)n2-c2ccccc2)c1. The molecule has 32 heavy (non-hydrogen) atoms. The normalized spacial score (nSPS) is 11.8. The Hall–Kier alpha value is -3.45. The van der Waals surface area contributed by atoms with E-state index in [2.05, 4.69) is 40.6 Å². The van der Waals surface area contributed by atoms with Gasteiger partial charge in [0.15, 0.2) is 11.0 Å². The van der Waals surface area contributed by atoms with E-state index >= 15 is 0 Å². The van der Waals surface area contributed by atoms with Gasteiger partial charge in [0.25, 0.3) is 5.91 Å². The predicted octanol–water partition coefficient (Wildman–Crippen LogP) is 5.50. The van der Waals surface area contributed by atoms with Gasteiger partial charge in [0.05, 0.1) is 11.6 Å². The molecule has 1 amide bonds. The first-order chi connectivity index (χ1) is 15.5. The second-order valence-electron chi connectivity index (χ2n) is 7.46. The first-order valence-electron chi connectivity index (χ1n) is 10.3. The van der Waals surface area contributed by atoms with Crippen LogP contribution in [0.25, 0.3) is 5.69 Å². The largest absolute Gasteiger partial charge is 0.342 e. The lowest BCUT2D eigenvalue weighted by Crippen LogP contribution is -2.29. The number of benzene rings is 3. The molecule has 1 N–H and O–H groups in total. The molecule has 1 heterocycles. The summed E-state index contributed by atoms with van der Waals surface area (Å²) in [5.41, 5.74) is 3.29. The fraction of sp³-hybridized carbons (Fsp3) is 0.160. The van der Waals surface area contributed by atoms with E-state index in [-0.39, 0.29) is 5.56 Å². The quantitative estimate of drug-likeness (QED) is 0.381. The summed E-state index contributed by atoms with van der Waals surface area (Å²) in [4.78, 5) is 12.6. The summed E-state index contributed by atoms with van der Waals surface area (Å²) >= 11 is 1.58. The minimum absolute atomic E-state index is 0.000766. The fourth-order valence-corrected chi connectivity index (χ4v) is 4.31. The highest BCUT2D eigenvalue weighted by Gasteiger charge is 2.22. The lowest BCUT2D eigenvalue weighted by atomic mass is 10.2. The van der Waals surface area contributed by atoms with Crippen molar-refractivity contribution in [2.75, 3.05) is 0 Å². The van der Waals surface area contributed by atoms with Crippen molar-refractivity contribution in [3.63, 3.8) is 0 Å². The van der Waals surface area contributed by atoms with Crippen LogP contribution in [0.3, 0.4) is 0 Å². The predicted molar refractivity (Wildman–Crippen MR) is 124 cm³/mol. The van der Waals surface area contributed by atoms with Gasteiger partial charge in [-0.05, 0) is 43.7 Å². The number of amides is 1. The zero-order valence-corrected chi connectivity index (χ0v) is 18.6. The molecule has 0 spiro atoms. The Balaban J connectivity index is 1.61. The molecule has 3 aromatic carbocycles. The number of hydrogen-bond acceptors (Lipinski definition) is 4. The maximum Gasteiger partial charge on any atom is 0.254 e. The molecule has 5 nitrogen and oxygen atoms in total. The smallest absolute Gasteiger partial charge is 0.254 e. The summed E-state index contributed by atoms with van der Waals surface area (Å²) in [6.07, 6.45) is 0. The second-order valence-corrected chi connectivity index (χ2v) is 8.41. The molecule has 1 aromatic heterocycles. The van der Waals surface area contributed by atoms with Crippen molar-refractivity contribution in [1.82, 2.24) is 20.1 Å². The average molecular weight is 447 g/mol. The minimum Gasteiger partial charge on any atom is -0.342 e. The van der Waals surface area contributed by atoms with Crippen LogP contribution in [0.1, 0.15) is 40.3 Å². The van der Waals surface area contributed by atoms with E-state index in [0.717, 1.165) is 16.6 Å². The summed E-state index contributed by atoms with van der Waals surface area (Å²) in [5, 5.41) is 12.3. The fourth-order valence-electron chi connectivity index (χ4n) is 3.41. The highest BCUT2D eigenvalue weighted by Crippen LogP contribution is 2.28. The number of hydrogen-bond donors (Lipinski definition) is 1. The van der Waals surface area contributed by atoms with Crippen LogP contribution in [0.5, 0.6) is 0 Å². The summed E-state index contributed by atoms with van der Waals surface area (Å²) in [5.74, 6) is 0.263. The molecule has 0 bridgehead atoms. The van der Waals surface area contributed by atoms with E-state index in [1.54, 1.807) is 23.9 Å². The van der Waals surface area contributed by atoms with Gasteiger partial charge < -0.3 is 5.32 Å². The van der Waals surface area contributed by atoms with Gasteiger partial charge in [0.2, 0.25) is 0 Å². The van der Waals surface area contributed by atoms with Crippen molar-refractivity contribution in [3.8, 4) is 5.69 Å². The lowest BCUT2D eigenvalue weighted by Gasteiger charge is -2.16. The number of carbonyl (C=O) groups excluding carboxylic acids is 1. The lowest BCUT2D eigenvalue weighted by molar-refractivity contribution is 0.0934. The zero-order valence-electron chi connectivity index (χ0n) is 17.8. The highest BCUT2D eigenvalue weighted by molar-refractivity contribution is 7.98. The van der Waals surface area contributed by atoms with E-state index in [1.165, 1.54) is 23.3 Å². The van der Waals surface area contributed by atoms with Crippen LogP contribution < -0.4 is 5.32 Å². The van der Waals surface area contributed by atoms with Crippen molar-refractivity contribution < 1.29 is 9.18 Å². The van der Waals surface area contributed by atoms with Crippen molar-refractivity contribution in [2.24, 2.45) is 0 Å². The molecule has 0 aliphatic carbocycles. The number of nitrogens with one attached hydrogen (secondary N) is 1. The van der Waals surface area contributed by atoms with Crippen LogP contribution in [-0.2, 0) is 5.75 Å². The van der Waals surface area contributed by atoms with Gasteiger partial charge in [-0.3, -0.25) is 9.36 Å². The molecule has 0 radical (unpaired) electrons. The van der Waals surface area contributed by atoms with Gasteiger partial charge in [-0.15, -0.1) is 10.2 Å². The summed E-state index contributed by atoms with van der Waals surface area (Å²) in [6, 6.07) is 23.5. The number of aryl methyl sites for hydroxylation is 1. The molecule has 4 rings (SSSR count). The van der Waals surface area contributed by atoms with E-state index in [4.69, 9.17) is 0 Å². The molecule has 0 aliphatic heterocycles. The van der Waals surface area contributed by atoms with Crippen molar-refractivity contribution in [2.45, 2.75) is 30.8 Å². The van der Waals surface area contributed by atoms with Crippen molar-refractivity contribution >= 4 is 17.7 Å². The molecular weight excluding hydrogens is 423 g/mol. The first-order valence-corrected chi connectivity index (χ1v) is 11.3. The van der Waals surface area contributed by atoms with Gasteiger partial charge >= 0.3 is 0 Å². The van der Waals surface area contributed by atoms with Crippen LogP contribution in [0.4, 0.5) is 4.39 Å². The summed E-state index contributed by atoms with van der Waals surface area (Å²) < 4.78 is 16.0.